The van der Waals surface area contributed by atoms with E-state index in [4.69, 9.17) is 4.74 Å². The van der Waals surface area contributed by atoms with E-state index in [1.54, 1.807) is 20.8 Å². The molecular weight excluding hydrogens is 341 g/mol. The summed E-state index contributed by atoms with van der Waals surface area (Å²) in [5, 5.41) is 0. The average molecular weight is 363 g/mol. The number of esters is 1. The molecule has 1 amide bonds. The maximum atomic E-state index is 12.8. The van der Waals surface area contributed by atoms with E-state index in [-0.39, 0.29) is 77.3 Å². The molecule has 1 fully saturated rings. The van der Waals surface area contributed by atoms with Crippen LogP contribution in [0.5, 0.6) is 0 Å². The van der Waals surface area contributed by atoms with Crippen molar-refractivity contribution >= 4 is 19.0 Å². The van der Waals surface area contributed by atoms with Crippen molar-refractivity contribution in [1.82, 2.24) is 4.90 Å². The van der Waals surface area contributed by atoms with Crippen LogP contribution in [0, 0.1) is 5.41 Å². The number of carbonyl (C=O) groups excluding carboxylic acids is 2. The minimum absolute atomic E-state index is 0. The molecule has 23 heavy (non-hydrogen) atoms. The number of hydrogen-bond donors (Lipinski definition) is 0. The van der Waals surface area contributed by atoms with Crippen LogP contribution >= 0.6 is 0 Å². The van der Waals surface area contributed by atoms with Crippen LogP contribution in [-0.4, -0.2) is 49.7 Å². The van der Waals surface area contributed by atoms with Crippen molar-refractivity contribution in [2.75, 3.05) is 20.2 Å². The third kappa shape index (κ3) is 7.33. The molecule has 10 heteroatoms. The van der Waals surface area contributed by atoms with Crippen molar-refractivity contribution in [2.45, 2.75) is 45.5 Å². The fourth-order valence-electron chi connectivity index (χ4n) is 2.59. The minimum Gasteiger partial charge on any atom is -0.469 e. The standard InChI is InChI=1S/C13H22BF3NO4.K/c1-12(2,3)22-11(20)18-7-5-13(6-8-18,10(19)21-4)9-14(15,16)17;/h5-9H2,1-4H3;/q-1;+1. The van der Waals surface area contributed by atoms with E-state index in [0.29, 0.717) is 0 Å². The Hall–Kier alpha value is 0.231. The second-order valence-corrected chi connectivity index (χ2v) is 6.65. The molecular formula is C13H22BF3KNO4. The van der Waals surface area contributed by atoms with Crippen molar-refractivity contribution in [3.05, 3.63) is 0 Å². The van der Waals surface area contributed by atoms with Crippen LogP contribution < -0.4 is 51.4 Å². The second-order valence-electron chi connectivity index (χ2n) is 6.65. The number of likely N-dealkylation sites (tertiary alicyclic amines) is 1. The SMILES string of the molecule is COC(=O)C1(C[B-](F)(F)F)CCN(C(=O)OC(C)(C)C)CC1.[K+]. The van der Waals surface area contributed by atoms with Gasteiger partial charge in [0.1, 0.15) is 5.60 Å². The van der Waals surface area contributed by atoms with Gasteiger partial charge in [0, 0.05) is 18.5 Å². The van der Waals surface area contributed by atoms with E-state index < -0.39 is 36.4 Å². The Morgan fingerprint density at radius 1 is 1.17 bits per heavy atom. The Bertz CT molecular complexity index is 432. The van der Waals surface area contributed by atoms with Crippen molar-refractivity contribution in [2.24, 2.45) is 5.41 Å². The zero-order valence-electron chi connectivity index (χ0n) is 14.3. The average Bonchev–Trinajstić information content (AvgIpc) is 2.34. The predicted molar refractivity (Wildman–Crippen MR) is 75.4 cm³/mol. The van der Waals surface area contributed by atoms with E-state index in [1.807, 2.05) is 0 Å². The summed E-state index contributed by atoms with van der Waals surface area (Å²) in [5.74, 6) is -0.865. The number of carbonyl (C=O) groups is 2. The van der Waals surface area contributed by atoms with E-state index in [9.17, 15) is 22.5 Å². The van der Waals surface area contributed by atoms with Crippen LogP contribution in [0.3, 0.4) is 0 Å². The van der Waals surface area contributed by atoms with Gasteiger partial charge in [-0.2, -0.15) is 0 Å². The van der Waals surface area contributed by atoms with Crippen LogP contribution in [0.1, 0.15) is 33.6 Å². The summed E-state index contributed by atoms with van der Waals surface area (Å²) in [4.78, 5) is 25.1. The van der Waals surface area contributed by atoms with Gasteiger partial charge in [-0.25, -0.2) is 4.79 Å². The Kier molecular flexibility index (Phi) is 8.64. The Balaban J connectivity index is 0.00000484. The molecule has 0 radical (unpaired) electrons. The van der Waals surface area contributed by atoms with Crippen molar-refractivity contribution < 1.29 is 83.4 Å². The molecule has 128 valence electrons. The summed E-state index contributed by atoms with van der Waals surface area (Å²) in [5.41, 5.74) is -2.27. The fraction of sp³-hybridized carbons (Fsp3) is 0.846. The maximum Gasteiger partial charge on any atom is 1.00 e. The molecule has 1 saturated heterocycles. The first kappa shape index (κ1) is 23.2. The van der Waals surface area contributed by atoms with Gasteiger partial charge in [0.25, 0.3) is 0 Å². The second kappa shape index (κ2) is 8.55. The first-order valence-electron chi connectivity index (χ1n) is 7.16. The third-order valence-electron chi connectivity index (χ3n) is 3.61. The molecule has 5 nitrogen and oxygen atoms in total. The van der Waals surface area contributed by atoms with Gasteiger partial charge in [-0.3, -0.25) is 4.79 Å². The van der Waals surface area contributed by atoms with Crippen LogP contribution in [-0.2, 0) is 14.3 Å². The summed E-state index contributed by atoms with van der Waals surface area (Å²) in [7, 11) is 1.08. The van der Waals surface area contributed by atoms with Crippen LogP contribution in [0.25, 0.3) is 0 Å². The van der Waals surface area contributed by atoms with E-state index >= 15 is 0 Å². The molecule has 1 aliphatic rings. The molecule has 0 unspecified atom stereocenters. The van der Waals surface area contributed by atoms with Crippen LogP contribution in [0.15, 0.2) is 0 Å². The van der Waals surface area contributed by atoms with Gasteiger partial charge in [-0.15, -0.1) is 0 Å². The van der Waals surface area contributed by atoms with E-state index in [0.717, 1.165) is 7.11 Å². The van der Waals surface area contributed by atoms with Gasteiger partial charge in [-0.05, 0) is 33.6 Å². The summed E-state index contributed by atoms with van der Waals surface area (Å²) in [6, 6.07) is 0. The van der Waals surface area contributed by atoms with Gasteiger partial charge in [0.2, 0.25) is 0 Å². The summed E-state index contributed by atoms with van der Waals surface area (Å²) in [6.07, 6.45) is -1.93. The first-order valence-corrected chi connectivity index (χ1v) is 7.16. The number of nitrogens with zero attached hydrogens (tertiary/aromatic N) is 1. The zero-order valence-corrected chi connectivity index (χ0v) is 17.5. The van der Waals surface area contributed by atoms with Gasteiger partial charge >= 0.3 is 70.4 Å². The Labute approximate surface area is 177 Å². The molecule has 0 aromatic rings. The number of piperidine rings is 1. The largest absolute Gasteiger partial charge is 1.00 e. The number of ether oxygens (including phenoxy) is 2. The molecule has 1 rings (SSSR count). The third-order valence-corrected chi connectivity index (χ3v) is 3.61. The normalized spacial score (nSPS) is 18.0. The minimum atomic E-state index is -5.12. The van der Waals surface area contributed by atoms with Crippen LogP contribution in [0.4, 0.5) is 17.7 Å². The maximum absolute atomic E-state index is 12.8. The van der Waals surface area contributed by atoms with Gasteiger partial charge in [-0.1, -0.05) is 6.32 Å². The molecule has 0 saturated carbocycles. The Morgan fingerprint density at radius 2 is 1.65 bits per heavy atom. The molecule has 0 aromatic heterocycles. The summed E-state index contributed by atoms with van der Waals surface area (Å²) >= 11 is 0. The quantitative estimate of drug-likeness (QED) is 0.525. The van der Waals surface area contributed by atoms with Crippen molar-refractivity contribution in [3.8, 4) is 0 Å². The van der Waals surface area contributed by atoms with E-state index in [1.165, 1.54) is 4.90 Å². The van der Waals surface area contributed by atoms with Gasteiger partial charge < -0.3 is 27.3 Å². The number of amides is 1. The molecule has 0 aliphatic carbocycles. The molecule has 0 spiro atoms. The van der Waals surface area contributed by atoms with Crippen molar-refractivity contribution in [1.29, 1.82) is 0 Å². The zero-order chi connectivity index (χ0) is 17.2. The molecule has 0 aromatic carbocycles. The van der Waals surface area contributed by atoms with Gasteiger partial charge in [0.15, 0.2) is 0 Å². The van der Waals surface area contributed by atoms with Crippen LogP contribution in [0.2, 0.25) is 6.32 Å². The molecule has 0 bridgehead atoms. The fourth-order valence-corrected chi connectivity index (χ4v) is 2.59. The summed E-state index contributed by atoms with van der Waals surface area (Å²) < 4.78 is 48.2. The number of methoxy groups -OCH3 is 1. The number of halogens is 3. The monoisotopic (exact) mass is 363 g/mol. The topological polar surface area (TPSA) is 55.8 Å². The smallest absolute Gasteiger partial charge is 0.469 e. The summed E-state index contributed by atoms with van der Waals surface area (Å²) in [6.45, 7) is 0.0780. The molecule has 0 atom stereocenters. The number of rotatable bonds is 3. The molecule has 1 aliphatic heterocycles. The first-order chi connectivity index (χ1) is 9.88. The molecule has 0 N–H and O–H groups in total. The van der Waals surface area contributed by atoms with E-state index in [2.05, 4.69) is 4.74 Å². The number of hydrogen-bond acceptors (Lipinski definition) is 4. The van der Waals surface area contributed by atoms with Gasteiger partial charge in [0.05, 0.1) is 7.11 Å². The molecule has 1 heterocycles. The Morgan fingerprint density at radius 3 is 2.00 bits per heavy atom. The predicted octanol–water partition coefficient (Wildman–Crippen LogP) is 0.0281. The van der Waals surface area contributed by atoms with Crippen molar-refractivity contribution in [3.63, 3.8) is 0 Å².